The van der Waals surface area contributed by atoms with Gasteiger partial charge in [-0.25, -0.2) is 18.9 Å². The Morgan fingerprint density at radius 2 is 1.80 bits per heavy atom. The Balaban J connectivity index is 0.00000108. The molecule has 0 spiro atoms. The first-order valence-electron chi connectivity index (χ1n) is 10.3. The molecule has 1 unspecified atom stereocenters. The van der Waals surface area contributed by atoms with Crippen LogP contribution in [-0.2, 0) is 26.0 Å². The van der Waals surface area contributed by atoms with Crippen LogP contribution in [0.15, 0.2) is 65.5 Å². The van der Waals surface area contributed by atoms with E-state index < -0.39 is 20.5 Å². The van der Waals surface area contributed by atoms with E-state index in [1.807, 2.05) is 42.5 Å². The van der Waals surface area contributed by atoms with Crippen molar-refractivity contribution in [2.75, 3.05) is 6.26 Å². The van der Waals surface area contributed by atoms with Crippen molar-refractivity contribution in [3.05, 3.63) is 61.1 Å². The molecule has 2 aromatic carbocycles. The van der Waals surface area contributed by atoms with Gasteiger partial charge in [0.15, 0.2) is 14.6 Å². The lowest BCUT2D eigenvalue weighted by atomic mass is 10.0. The molecule has 1 amide bonds. The molecular weight excluding hydrogens is 476 g/mol. The molecule has 4 rings (SSSR count). The quantitative estimate of drug-likeness (QED) is 0.196. The lowest BCUT2D eigenvalue weighted by Crippen LogP contribution is -2.49. The van der Waals surface area contributed by atoms with Crippen molar-refractivity contribution in [3.63, 3.8) is 0 Å². The van der Waals surface area contributed by atoms with Crippen LogP contribution in [0.25, 0.3) is 33.5 Å². The maximum atomic E-state index is 12.1. The SMILES string of the molecule is CC(CCn1cc2cc(-c3ccc(-c4ncco4)cc3)ccc2n1)(C(=O)NO)S(C)(=O)=O.O=CO. The average molecular weight is 501 g/mol. The lowest BCUT2D eigenvalue weighted by molar-refractivity contribution is -0.131. The number of rotatable bonds is 7. The fraction of sp³-hybridized carbons (Fsp3) is 0.217. The first-order chi connectivity index (χ1) is 16.6. The topological polar surface area (TPSA) is 165 Å². The molecule has 184 valence electrons. The second-order valence-electron chi connectivity index (χ2n) is 7.88. The van der Waals surface area contributed by atoms with Crippen molar-refractivity contribution < 1.29 is 32.7 Å². The highest BCUT2D eigenvalue weighted by Gasteiger charge is 2.43. The molecule has 1 atom stereocenters. The Bertz CT molecular complexity index is 1410. The van der Waals surface area contributed by atoms with Crippen LogP contribution in [-0.4, -0.2) is 56.9 Å². The number of carboxylic acid groups (broad SMARTS) is 1. The molecule has 4 aromatic rings. The summed E-state index contributed by atoms with van der Waals surface area (Å²) in [5, 5.41) is 21.2. The molecule has 2 aromatic heterocycles. The Morgan fingerprint density at radius 3 is 2.37 bits per heavy atom. The van der Waals surface area contributed by atoms with Crippen LogP contribution in [0, 0.1) is 0 Å². The molecule has 11 nitrogen and oxygen atoms in total. The van der Waals surface area contributed by atoms with Crippen LogP contribution in [0.5, 0.6) is 0 Å². The van der Waals surface area contributed by atoms with Crippen molar-refractivity contribution in [2.45, 2.75) is 24.6 Å². The minimum Gasteiger partial charge on any atom is -0.483 e. The maximum Gasteiger partial charge on any atom is 0.290 e. The average Bonchev–Trinajstić information content (AvgIpc) is 3.51. The van der Waals surface area contributed by atoms with E-state index in [9.17, 15) is 13.2 Å². The predicted octanol–water partition coefficient (Wildman–Crippen LogP) is 2.76. The fourth-order valence-electron chi connectivity index (χ4n) is 3.46. The number of fused-ring (bicyclic) bond motifs is 1. The van der Waals surface area contributed by atoms with Crippen LogP contribution in [0.4, 0.5) is 0 Å². The molecule has 0 saturated carbocycles. The van der Waals surface area contributed by atoms with Crippen molar-refractivity contribution in [1.82, 2.24) is 20.2 Å². The summed E-state index contributed by atoms with van der Waals surface area (Å²) in [6.07, 6.45) is 5.87. The van der Waals surface area contributed by atoms with Gasteiger partial charge in [-0.15, -0.1) is 0 Å². The molecular formula is C23H24N4O7S. The van der Waals surface area contributed by atoms with Crippen molar-refractivity contribution in [1.29, 1.82) is 0 Å². The molecule has 0 saturated heterocycles. The molecule has 0 bridgehead atoms. The number of sulfone groups is 1. The lowest BCUT2D eigenvalue weighted by Gasteiger charge is -2.24. The van der Waals surface area contributed by atoms with Gasteiger partial charge in [0.25, 0.3) is 12.4 Å². The third kappa shape index (κ3) is 5.55. The Kier molecular flexibility index (Phi) is 7.67. The van der Waals surface area contributed by atoms with Gasteiger partial charge >= 0.3 is 0 Å². The van der Waals surface area contributed by atoms with E-state index in [4.69, 9.17) is 19.5 Å². The van der Waals surface area contributed by atoms with Gasteiger partial charge in [-0.2, -0.15) is 5.10 Å². The molecule has 0 fully saturated rings. The normalized spacial score (nSPS) is 12.9. The van der Waals surface area contributed by atoms with E-state index in [-0.39, 0.29) is 19.4 Å². The third-order valence-electron chi connectivity index (χ3n) is 5.67. The molecule has 0 radical (unpaired) electrons. The standard InChI is InChI=1S/C22H22N4O5S.CH2O2/c1-22(21(27)25-28,32(2,29)30)9-11-26-14-18-13-17(7-8-19(18)24-26)15-3-5-16(6-4-15)20-23-10-12-31-20;2-1-3/h3-8,10,12-14,28H,9,11H2,1-2H3,(H,25,27);1H,(H,2,3). The van der Waals surface area contributed by atoms with Crippen molar-refractivity contribution >= 4 is 33.1 Å². The first-order valence-corrected chi connectivity index (χ1v) is 12.2. The number of aryl methyl sites for hydroxylation is 1. The van der Waals surface area contributed by atoms with E-state index in [1.165, 1.54) is 18.7 Å². The second-order valence-corrected chi connectivity index (χ2v) is 10.3. The van der Waals surface area contributed by atoms with Gasteiger partial charge < -0.3 is 9.52 Å². The molecule has 0 aliphatic carbocycles. The highest BCUT2D eigenvalue weighted by molar-refractivity contribution is 7.92. The number of benzene rings is 2. The van der Waals surface area contributed by atoms with Crippen LogP contribution in [0.2, 0.25) is 0 Å². The monoisotopic (exact) mass is 500 g/mol. The second kappa shape index (κ2) is 10.5. The zero-order valence-corrected chi connectivity index (χ0v) is 19.8. The number of hydroxylamine groups is 1. The van der Waals surface area contributed by atoms with Crippen LogP contribution in [0.1, 0.15) is 13.3 Å². The van der Waals surface area contributed by atoms with Crippen molar-refractivity contribution in [3.8, 4) is 22.6 Å². The number of hydrogen-bond acceptors (Lipinski definition) is 8. The van der Waals surface area contributed by atoms with Gasteiger partial charge in [-0.05, 0) is 48.7 Å². The van der Waals surface area contributed by atoms with Crippen LogP contribution >= 0.6 is 0 Å². The molecule has 3 N–H and O–H groups in total. The van der Waals surface area contributed by atoms with E-state index in [0.29, 0.717) is 5.89 Å². The molecule has 2 heterocycles. The van der Waals surface area contributed by atoms with E-state index in [0.717, 1.165) is 33.8 Å². The maximum absolute atomic E-state index is 12.1. The molecule has 12 heteroatoms. The number of carbonyl (C=O) groups excluding carboxylic acids is 1. The summed E-state index contributed by atoms with van der Waals surface area (Å²) in [5.41, 5.74) is 5.10. The fourth-order valence-corrected chi connectivity index (χ4v) is 4.30. The number of aromatic nitrogens is 3. The van der Waals surface area contributed by atoms with E-state index in [2.05, 4.69) is 10.1 Å². The largest absolute Gasteiger partial charge is 0.483 e. The number of nitrogens with zero attached hydrogens (tertiary/aromatic N) is 3. The Morgan fingerprint density at radius 1 is 1.17 bits per heavy atom. The van der Waals surface area contributed by atoms with Crippen molar-refractivity contribution in [2.24, 2.45) is 0 Å². The summed E-state index contributed by atoms with van der Waals surface area (Å²) >= 11 is 0. The van der Waals surface area contributed by atoms with Gasteiger partial charge in [0.05, 0.1) is 11.7 Å². The highest BCUT2D eigenvalue weighted by atomic mass is 32.2. The zero-order chi connectivity index (χ0) is 25.6. The molecule has 0 aliphatic heterocycles. The van der Waals surface area contributed by atoms with E-state index in [1.54, 1.807) is 17.1 Å². The minimum atomic E-state index is -3.76. The number of hydrogen-bond donors (Lipinski definition) is 3. The predicted molar refractivity (Wildman–Crippen MR) is 127 cm³/mol. The summed E-state index contributed by atoms with van der Waals surface area (Å²) in [6.45, 7) is 1.23. The Hall–Kier alpha value is -4.03. The summed E-state index contributed by atoms with van der Waals surface area (Å²) < 4.78 is 29.4. The summed E-state index contributed by atoms with van der Waals surface area (Å²) in [4.78, 5) is 24.5. The zero-order valence-electron chi connectivity index (χ0n) is 19.0. The van der Waals surface area contributed by atoms with E-state index >= 15 is 0 Å². The number of carbonyl (C=O) groups is 2. The Labute approximate surface area is 200 Å². The van der Waals surface area contributed by atoms with Gasteiger partial charge in [0, 0.05) is 29.9 Å². The van der Waals surface area contributed by atoms with Gasteiger partial charge in [-0.1, -0.05) is 18.2 Å². The molecule has 35 heavy (non-hydrogen) atoms. The minimum absolute atomic E-state index is 0.0403. The van der Waals surface area contributed by atoms with Crippen LogP contribution in [0.3, 0.4) is 0 Å². The summed E-state index contributed by atoms with van der Waals surface area (Å²) in [7, 11) is -3.76. The highest BCUT2D eigenvalue weighted by Crippen LogP contribution is 2.27. The van der Waals surface area contributed by atoms with Gasteiger partial charge in [-0.3, -0.25) is 19.5 Å². The third-order valence-corrected chi connectivity index (χ3v) is 7.69. The van der Waals surface area contributed by atoms with Gasteiger partial charge in [0.2, 0.25) is 5.89 Å². The number of oxazole rings is 1. The summed E-state index contributed by atoms with van der Waals surface area (Å²) in [5.74, 6) is -0.406. The van der Waals surface area contributed by atoms with Gasteiger partial charge in [0.1, 0.15) is 6.26 Å². The first kappa shape index (κ1) is 25.6. The number of nitrogens with one attached hydrogen (secondary N) is 1. The smallest absolute Gasteiger partial charge is 0.290 e. The molecule has 0 aliphatic rings. The van der Waals surface area contributed by atoms with Crippen LogP contribution < -0.4 is 5.48 Å². The number of amides is 1. The summed E-state index contributed by atoms with van der Waals surface area (Å²) in [6, 6.07) is 13.7.